The molecule has 2 rings (SSSR count). The van der Waals surface area contributed by atoms with Crippen molar-refractivity contribution in [3.05, 3.63) is 0 Å². The Morgan fingerprint density at radius 1 is 1.15 bits per heavy atom. The van der Waals surface area contributed by atoms with Crippen LogP contribution in [-0.2, 0) is 9.53 Å². The van der Waals surface area contributed by atoms with Crippen LogP contribution in [0.1, 0.15) is 34.6 Å². The molecule has 5 heteroatoms. The molecule has 1 atom stereocenters. The number of ether oxygens (including phenoxy) is 1. The van der Waals surface area contributed by atoms with Crippen LogP contribution in [0.2, 0.25) is 0 Å². The quantitative estimate of drug-likeness (QED) is 0.812. The molecule has 2 aliphatic heterocycles. The minimum Gasteiger partial charge on any atom is -0.388 e. The lowest BCUT2D eigenvalue weighted by Gasteiger charge is -2.41. The normalized spacial score (nSPS) is 31.6. The van der Waals surface area contributed by atoms with Crippen molar-refractivity contribution >= 4 is 5.91 Å². The Balaban J connectivity index is 2.11. The van der Waals surface area contributed by atoms with Gasteiger partial charge in [0.2, 0.25) is 5.91 Å². The first-order chi connectivity index (χ1) is 9.08. The number of hydrogen-bond acceptors (Lipinski definition) is 4. The molecule has 0 spiro atoms. The van der Waals surface area contributed by atoms with Crippen LogP contribution < -0.4 is 0 Å². The number of nitrogens with zero attached hydrogens (tertiary/aromatic N) is 2. The molecule has 0 aromatic heterocycles. The molecule has 1 unspecified atom stereocenters. The highest BCUT2D eigenvalue weighted by Gasteiger charge is 2.51. The number of amides is 1. The average Bonchev–Trinajstić information content (AvgIpc) is 2.58. The minimum atomic E-state index is -0.830. The standard InChI is InChI=1S/C15H28N2O3/c1-13(2)10-16(11-15(13,5)19)12(18)14(3,4)17-6-8-20-9-7-17/h19H,6-11H2,1-5H3. The van der Waals surface area contributed by atoms with Gasteiger partial charge in [-0.2, -0.15) is 0 Å². The molecular weight excluding hydrogens is 256 g/mol. The average molecular weight is 284 g/mol. The van der Waals surface area contributed by atoms with Gasteiger partial charge in [-0.1, -0.05) is 13.8 Å². The Bertz CT molecular complexity index is 369. The molecule has 0 aliphatic carbocycles. The van der Waals surface area contributed by atoms with E-state index >= 15 is 0 Å². The van der Waals surface area contributed by atoms with E-state index < -0.39 is 11.1 Å². The lowest BCUT2D eigenvalue weighted by molar-refractivity contribution is -0.145. The van der Waals surface area contributed by atoms with Crippen molar-refractivity contribution in [3.63, 3.8) is 0 Å². The van der Waals surface area contributed by atoms with Gasteiger partial charge >= 0.3 is 0 Å². The molecule has 5 nitrogen and oxygen atoms in total. The summed E-state index contributed by atoms with van der Waals surface area (Å²) in [6.07, 6.45) is 0. The first kappa shape index (κ1) is 15.7. The number of carbonyl (C=O) groups is 1. The van der Waals surface area contributed by atoms with Crippen molar-refractivity contribution in [1.82, 2.24) is 9.80 Å². The molecule has 1 N–H and O–H groups in total. The van der Waals surface area contributed by atoms with Crippen molar-refractivity contribution in [2.24, 2.45) is 5.41 Å². The lowest BCUT2D eigenvalue weighted by atomic mass is 9.79. The highest BCUT2D eigenvalue weighted by molar-refractivity contribution is 5.86. The molecule has 1 amide bonds. The molecule has 0 saturated carbocycles. The van der Waals surface area contributed by atoms with E-state index in [4.69, 9.17) is 4.74 Å². The minimum absolute atomic E-state index is 0.102. The third kappa shape index (κ3) is 2.59. The SMILES string of the molecule is CC(C)(C(=O)N1CC(C)(C)C(C)(O)C1)N1CCOCC1. The van der Waals surface area contributed by atoms with Crippen molar-refractivity contribution < 1.29 is 14.6 Å². The number of β-amino-alcohol motifs (C(OH)–C–C–N with tert-alkyl or cyclic N) is 1. The van der Waals surface area contributed by atoms with E-state index in [1.807, 2.05) is 39.5 Å². The van der Waals surface area contributed by atoms with E-state index in [1.54, 1.807) is 0 Å². The summed E-state index contributed by atoms with van der Waals surface area (Å²) in [5, 5.41) is 10.5. The zero-order chi connectivity index (χ0) is 15.2. The lowest BCUT2D eigenvalue weighted by Crippen LogP contribution is -2.58. The van der Waals surface area contributed by atoms with Crippen molar-refractivity contribution in [2.45, 2.75) is 45.8 Å². The van der Waals surface area contributed by atoms with Gasteiger partial charge in [-0.3, -0.25) is 9.69 Å². The number of aliphatic hydroxyl groups is 1. The van der Waals surface area contributed by atoms with Gasteiger partial charge in [0.1, 0.15) is 0 Å². The highest BCUT2D eigenvalue weighted by atomic mass is 16.5. The summed E-state index contributed by atoms with van der Waals surface area (Å²) < 4.78 is 5.36. The summed E-state index contributed by atoms with van der Waals surface area (Å²) in [6.45, 7) is 13.7. The summed E-state index contributed by atoms with van der Waals surface area (Å²) in [6, 6.07) is 0. The monoisotopic (exact) mass is 284 g/mol. The second-order valence-electron chi connectivity index (χ2n) is 7.48. The highest BCUT2D eigenvalue weighted by Crippen LogP contribution is 2.39. The fourth-order valence-electron chi connectivity index (χ4n) is 3.08. The van der Waals surface area contributed by atoms with Gasteiger partial charge in [0, 0.05) is 31.6 Å². The third-order valence-corrected chi connectivity index (χ3v) is 5.16. The Labute approximate surface area is 121 Å². The molecule has 2 fully saturated rings. The number of carbonyl (C=O) groups excluding carboxylic acids is 1. The Morgan fingerprint density at radius 2 is 1.70 bits per heavy atom. The van der Waals surface area contributed by atoms with Gasteiger partial charge in [0.25, 0.3) is 0 Å². The van der Waals surface area contributed by atoms with Crippen molar-refractivity contribution in [2.75, 3.05) is 39.4 Å². The van der Waals surface area contributed by atoms with Crippen LogP contribution in [-0.4, -0.2) is 71.3 Å². The van der Waals surface area contributed by atoms with E-state index in [2.05, 4.69) is 4.90 Å². The third-order valence-electron chi connectivity index (χ3n) is 5.16. The number of rotatable bonds is 2. The van der Waals surface area contributed by atoms with E-state index in [9.17, 15) is 9.90 Å². The van der Waals surface area contributed by atoms with Crippen molar-refractivity contribution in [3.8, 4) is 0 Å². The Morgan fingerprint density at radius 3 is 2.15 bits per heavy atom. The molecule has 2 saturated heterocycles. The van der Waals surface area contributed by atoms with E-state index in [1.165, 1.54) is 0 Å². The van der Waals surface area contributed by atoms with Crippen LogP contribution in [0.5, 0.6) is 0 Å². The summed E-state index contributed by atoms with van der Waals surface area (Å²) in [5.74, 6) is 0.102. The molecule has 0 aromatic rings. The van der Waals surface area contributed by atoms with Gasteiger partial charge in [-0.15, -0.1) is 0 Å². The number of morpholine rings is 1. The van der Waals surface area contributed by atoms with Crippen LogP contribution in [0, 0.1) is 5.41 Å². The van der Waals surface area contributed by atoms with Crippen LogP contribution >= 0.6 is 0 Å². The molecule has 116 valence electrons. The van der Waals surface area contributed by atoms with Gasteiger partial charge in [-0.05, 0) is 20.8 Å². The predicted octanol–water partition coefficient (Wildman–Crippen LogP) is 0.717. The zero-order valence-corrected chi connectivity index (χ0v) is 13.4. The van der Waals surface area contributed by atoms with Crippen LogP contribution in [0.25, 0.3) is 0 Å². The molecule has 2 aliphatic rings. The summed E-state index contributed by atoms with van der Waals surface area (Å²) >= 11 is 0. The Hall–Kier alpha value is -0.650. The van der Waals surface area contributed by atoms with Gasteiger partial charge in [-0.25, -0.2) is 0 Å². The fourth-order valence-corrected chi connectivity index (χ4v) is 3.08. The smallest absolute Gasteiger partial charge is 0.242 e. The first-order valence-corrected chi connectivity index (χ1v) is 7.42. The van der Waals surface area contributed by atoms with Crippen molar-refractivity contribution in [1.29, 1.82) is 0 Å². The second kappa shape index (κ2) is 4.97. The maximum Gasteiger partial charge on any atom is 0.242 e. The summed E-state index contributed by atoms with van der Waals surface area (Å²) in [7, 11) is 0. The van der Waals surface area contributed by atoms with Crippen LogP contribution in [0.4, 0.5) is 0 Å². The molecular formula is C15H28N2O3. The van der Waals surface area contributed by atoms with E-state index in [-0.39, 0.29) is 11.3 Å². The summed E-state index contributed by atoms with van der Waals surface area (Å²) in [5.41, 5.74) is -1.65. The van der Waals surface area contributed by atoms with E-state index in [0.29, 0.717) is 26.3 Å². The van der Waals surface area contributed by atoms with Crippen LogP contribution in [0.3, 0.4) is 0 Å². The number of likely N-dealkylation sites (tertiary alicyclic amines) is 1. The molecule has 0 aromatic carbocycles. The van der Waals surface area contributed by atoms with Gasteiger partial charge in [0.05, 0.1) is 24.4 Å². The largest absolute Gasteiger partial charge is 0.388 e. The molecule has 20 heavy (non-hydrogen) atoms. The number of hydrogen-bond donors (Lipinski definition) is 1. The maximum absolute atomic E-state index is 12.9. The zero-order valence-electron chi connectivity index (χ0n) is 13.4. The molecule has 0 bridgehead atoms. The van der Waals surface area contributed by atoms with Gasteiger partial charge < -0.3 is 14.7 Å². The molecule has 2 heterocycles. The van der Waals surface area contributed by atoms with E-state index in [0.717, 1.165) is 13.1 Å². The van der Waals surface area contributed by atoms with Gasteiger partial charge in [0.15, 0.2) is 0 Å². The molecule has 0 radical (unpaired) electrons. The predicted molar refractivity (Wildman–Crippen MR) is 77.5 cm³/mol. The fraction of sp³-hybridized carbons (Fsp3) is 0.933. The second-order valence-corrected chi connectivity index (χ2v) is 7.48. The first-order valence-electron chi connectivity index (χ1n) is 7.42. The van der Waals surface area contributed by atoms with Crippen LogP contribution in [0.15, 0.2) is 0 Å². The topological polar surface area (TPSA) is 53.0 Å². The maximum atomic E-state index is 12.9. The summed E-state index contributed by atoms with van der Waals surface area (Å²) in [4.78, 5) is 16.9. The Kier molecular flexibility index (Phi) is 3.91.